The first-order valence-corrected chi connectivity index (χ1v) is 11.9. The van der Waals surface area contributed by atoms with E-state index in [4.69, 9.17) is 14.0 Å². The number of hydrogen-bond donors (Lipinski definition) is 2. The van der Waals surface area contributed by atoms with E-state index in [2.05, 4.69) is 15.2 Å². The third kappa shape index (κ3) is 5.35. The van der Waals surface area contributed by atoms with Crippen LogP contribution in [0.4, 0.5) is 5.69 Å². The van der Waals surface area contributed by atoms with Crippen molar-refractivity contribution in [2.45, 2.75) is 44.2 Å². The third-order valence-electron chi connectivity index (χ3n) is 5.29. The summed E-state index contributed by atoms with van der Waals surface area (Å²) in [4.78, 5) is 13.0. The number of hydrogen-bond acceptors (Lipinski definition) is 7. The molecule has 2 aromatic carbocycles. The molecule has 1 fully saturated rings. The van der Waals surface area contributed by atoms with E-state index in [1.54, 1.807) is 24.3 Å². The van der Waals surface area contributed by atoms with Crippen molar-refractivity contribution in [3.63, 3.8) is 0 Å². The lowest BCUT2D eigenvalue weighted by molar-refractivity contribution is 0.102. The second-order valence-electron chi connectivity index (χ2n) is 7.83. The zero-order chi connectivity index (χ0) is 23.6. The molecule has 0 bridgehead atoms. The highest BCUT2D eigenvalue weighted by Crippen LogP contribution is 2.30. The Hall–Kier alpha value is -3.37. The maximum atomic E-state index is 12.9. The fourth-order valence-corrected chi connectivity index (χ4v) is 4.56. The van der Waals surface area contributed by atoms with Crippen molar-refractivity contribution in [2.24, 2.45) is 0 Å². The SMILES string of the molecule is COc1ccc(S(=O)(=O)NC2CC2)cc1NC(=O)c1cccc(OCc2c(C)noc2C)c1. The van der Waals surface area contributed by atoms with E-state index in [1.165, 1.54) is 25.3 Å². The Morgan fingerprint density at radius 2 is 1.97 bits per heavy atom. The monoisotopic (exact) mass is 471 g/mol. The zero-order valence-corrected chi connectivity index (χ0v) is 19.4. The number of amides is 1. The maximum Gasteiger partial charge on any atom is 0.255 e. The first kappa shape index (κ1) is 22.8. The molecule has 0 unspecified atom stereocenters. The molecule has 1 saturated carbocycles. The second-order valence-corrected chi connectivity index (χ2v) is 9.54. The van der Waals surface area contributed by atoms with Gasteiger partial charge in [-0.1, -0.05) is 11.2 Å². The number of rotatable bonds is 9. The van der Waals surface area contributed by atoms with Gasteiger partial charge in [0, 0.05) is 11.6 Å². The van der Waals surface area contributed by atoms with Crippen molar-refractivity contribution in [1.82, 2.24) is 9.88 Å². The minimum Gasteiger partial charge on any atom is -0.495 e. The van der Waals surface area contributed by atoms with Crippen LogP contribution in [-0.4, -0.2) is 32.6 Å². The molecule has 2 N–H and O–H groups in total. The fourth-order valence-electron chi connectivity index (χ4n) is 3.23. The van der Waals surface area contributed by atoms with Crippen LogP contribution < -0.4 is 19.5 Å². The summed E-state index contributed by atoms with van der Waals surface area (Å²) >= 11 is 0. The molecule has 0 radical (unpaired) electrons. The van der Waals surface area contributed by atoms with E-state index >= 15 is 0 Å². The number of carbonyl (C=O) groups excluding carboxylic acids is 1. The molecular formula is C23H25N3O6S. The van der Waals surface area contributed by atoms with E-state index in [-0.39, 0.29) is 23.2 Å². The average Bonchev–Trinajstić information content (AvgIpc) is 3.54. The predicted molar refractivity (Wildman–Crippen MR) is 121 cm³/mol. The van der Waals surface area contributed by atoms with Crippen molar-refractivity contribution in [2.75, 3.05) is 12.4 Å². The van der Waals surface area contributed by atoms with Crippen LogP contribution in [0.3, 0.4) is 0 Å². The summed E-state index contributed by atoms with van der Waals surface area (Å²) in [5.74, 6) is 1.10. The van der Waals surface area contributed by atoms with Crippen LogP contribution in [0, 0.1) is 13.8 Å². The van der Waals surface area contributed by atoms with Crippen LogP contribution >= 0.6 is 0 Å². The fraction of sp³-hybridized carbons (Fsp3) is 0.304. The molecule has 9 nitrogen and oxygen atoms in total. The maximum absolute atomic E-state index is 12.9. The largest absolute Gasteiger partial charge is 0.495 e. The molecular weight excluding hydrogens is 446 g/mol. The second kappa shape index (κ2) is 9.24. The molecule has 0 saturated heterocycles. The number of carbonyl (C=O) groups is 1. The highest BCUT2D eigenvalue weighted by Gasteiger charge is 2.28. The Balaban J connectivity index is 1.50. The molecule has 10 heteroatoms. The molecule has 174 valence electrons. The van der Waals surface area contributed by atoms with Gasteiger partial charge in [0.15, 0.2) is 0 Å². The first-order chi connectivity index (χ1) is 15.8. The van der Waals surface area contributed by atoms with Crippen molar-refractivity contribution >= 4 is 21.6 Å². The Bertz CT molecular complexity index is 1260. The summed E-state index contributed by atoms with van der Waals surface area (Å²) in [7, 11) is -2.23. The number of nitrogens with one attached hydrogen (secondary N) is 2. The van der Waals surface area contributed by atoms with Gasteiger partial charge in [0.2, 0.25) is 10.0 Å². The van der Waals surface area contributed by atoms with Crippen LogP contribution in [0.1, 0.15) is 40.2 Å². The minimum absolute atomic E-state index is 0.0247. The van der Waals surface area contributed by atoms with Crippen molar-refractivity contribution < 1.29 is 27.2 Å². The molecule has 0 atom stereocenters. The summed E-state index contributed by atoms with van der Waals surface area (Å²) < 4.78 is 44.0. The lowest BCUT2D eigenvalue weighted by atomic mass is 10.2. The molecule has 1 aliphatic carbocycles. The van der Waals surface area contributed by atoms with Gasteiger partial charge in [0.25, 0.3) is 5.91 Å². The zero-order valence-electron chi connectivity index (χ0n) is 18.5. The molecule has 33 heavy (non-hydrogen) atoms. The standard InChI is InChI=1S/C23H25N3O6S/c1-14-20(15(2)32-25-14)13-31-18-6-4-5-16(11-18)23(27)24-21-12-19(9-10-22(21)30-3)33(28,29)26-17-7-8-17/h4-6,9-12,17,26H,7-8,13H2,1-3H3,(H,24,27). The Kier molecular flexibility index (Phi) is 6.39. The summed E-state index contributed by atoms with van der Waals surface area (Å²) in [6.07, 6.45) is 1.65. The summed E-state index contributed by atoms with van der Waals surface area (Å²) in [5, 5.41) is 6.64. The third-order valence-corrected chi connectivity index (χ3v) is 6.81. The van der Waals surface area contributed by atoms with Gasteiger partial charge in [0.05, 0.1) is 29.0 Å². The van der Waals surface area contributed by atoms with E-state index in [0.717, 1.165) is 24.1 Å². The smallest absolute Gasteiger partial charge is 0.255 e. The van der Waals surface area contributed by atoms with Crippen molar-refractivity contribution in [3.05, 3.63) is 65.0 Å². The molecule has 1 aromatic heterocycles. The number of sulfonamides is 1. The minimum atomic E-state index is -3.68. The number of nitrogens with zero attached hydrogens (tertiary/aromatic N) is 1. The number of benzene rings is 2. The van der Waals surface area contributed by atoms with Crippen LogP contribution in [0.2, 0.25) is 0 Å². The Morgan fingerprint density at radius 1 is 1.18 bits per heavy atom. The number of ether oxygens (including phenoxy) is 2. The topological polar surface area (TPSA) is 120 Å². The van der Waals surface area contributed by atoms with Gasteiger partial charge in [0.1, 0.15) is 23.9 Å². The summed E-state index contributed by atoms with van der Waals surface area (Å²) in [6.45, 7) is 3.90. The van der Waals surface area contributed by atoms with Crippen molar-refractivity contribution in [1.29, 1.82) is 0 Å². The molecule has 0 aliphatic heterocycles. The molecule has 3 aromatic rings. The van der Waals surface area contributed by atoms with Gasteiger partial charge in [-0.15, -0.1) is 0 Å². The Labute approximate surface area is 192 Å². The molecule has 1 amide bonds. The van der Waals surface area contributed by atoms with E-state index in [9.17, 15) is 13.2 Å². The quantitative estimate of drug-likeness (QED) is 0.489. The molecule has 0 spiro atoms. The van der Waals surface area contributed by atoms with Gasteiger partial charge in [-0.05, 0) is 63.1 Å². The lowest BCUT2D eigenvalue weighted by Crippen LogP contribution is -2.25. The number of aryl methyl sites for hydroxylation is 2. The van der Waals surface area contributed by atoms with Gasteiger partial charge < -0.3 is 19.3 Å². The number of anilines is 1. The summed E-state index contributed by atoms with van der Waals surface area (Å²) in [6, 6.07) is 11.0. The van der Waals surface area contributed by atoms with Crippen LogP contribution in [0.5, 0.6) is 11.5 Å². The van der Waals surface area contributed by atoms with Gasteiger partial charge in [-0.25, -0.2) is 13.1 Å². The number of aromatic nitrogens is 1. The average molecular weight is 472 g/mol. The Morgan fingerprint density at radius 3 is 2.64 bits per heavy atom. The predicted octanol–water partition coefficient (Wildman–Crippen LogP) is 3.57. The first-order valence-electron chi connectivity index (χ1n) is 10.4. The van der Waals surface area contributed by atoms with Crippen LogP contribution in [-0.2, 0) is 16.6 Å². The van der Waals surface area contributed by atoms with Gasteiger partial charge in [-0.3, -0.25) is 4.79 Å². The van der Waals surface area contributed by atoms with E-state index in [0.29, 0.717) is 22.8 Å². The molecule has 4 rings (SSSR count). The van der Waals surface area contributed by atoms with E-state index < -0.39 is 15.9 Å². The number of methoxy groups -OCH3 is 1. The molecule has 1 aliphatic rings. The van der Waals surface area contributed by atoms with Crippen LogP contribution in [0.25, 0.3) is 0 Å². The summed E-state index contributed by atoms with van der Waals surface area (Å²) in [5.41, 5.74) is 2.20. The van der Waals surface area contributed by atoms with Gasteiger partial charge in [-0.2, -0.15) is 0 Å². The normalized spacial score (nSPS) is 13.5. The van der Waals surface area contributed by atoms with Gasteiger partial charge >= 0.3 is 0 Å². The van der Waals surface area contributed by atoms with E-state index in [1.807, 2.05) is 13.8 Å². The van der Waals surface area contributed by atoms with Crippen LogP contribution in [0.15, 0.2) is 51.9 Å². The lowest BCUT2D eigenvalue weighted by Gasteiger charge is -2.13. The highest BCUT2D eigenvalue weighted by atomic mass is 32.2. The molecule has 1 heterocycles. The van der Waals surface area contributed by atoms with Crippen molar-refractivity contribution in [3.8, 4) is 11.5 Å². The highest BCUT2D eigenvalue weighted by molar-refractivity contribution is 7.89.